The molecule has 0 saturated heterocycles. The molecule has 0 spiro atoms. The third kappa shape index (κ3) is 8.61. The van der Waals surface area contributed by atoms with Crippen LogP contribution in [0.25, 0.3) is 0 Å². The summed E-state index contributed by atoms with van der Waals surface area (Å²) in [4.78, 5) is 0. The van der Waals surface area contributed by atoms with Crippen LogP contribution in [0.2, 0.25) is 0 Å². The normalized spacial score (nSPS) is 11.4. The Kier molecular flexibility index (Phi) is 16.3. The van der Waals surface area contributed by atoms with Gasteiger partial charge in [-0.1, -0.05) is 50.3 Å². The second-order valence-electron chi connectivity index (χ2n) is 4.61. The number of hydrogen-bond acceptors (Lipinski definition) is 1. The molecule has 1 aromatic carbocycles. The predicted molar refractivity (Wildman–Crippen MR) is 97.7 cm³/mol. The van der Waals surface area contributed by atoms with Crippen LogP contribution >= 0.6 is 28.6 Å². The maximum atomic E-state index is 9.92. The van der Waals surface area contributed by atoms with Crippen molar-refractivity contribution in [1.82, 2.24) is 0 Å². The Hall–Kier alpha value is 2.03. The summed E-state index contributed by atoms with van der Waals surface area (Å²) in [7, 11) is 0. The van der Waals surface area contributed by atoms with Gasteiger partial charge in [0.15, 0.2) is 0 Å². The first-order valence-corrected chi connectivity index (χ1v) is 20.9. The Morgan fingerprint density at radius 3 is 2.15 bits per heavy atom. The molecule has 0 aliphatic rings. The van der Waals surface area contributed by atoms with Crippen LogP contribution in [0.5, 0.6) is 0 Å². The number of allylic oxidation sites excluding steroid dienone is 2. The van der Waals surface area contributed by atoms with Crippen LogP contribution in [0.3, 0.4) is 0 Å². The summed E-state index contributed by atoms with van der Waals surface area (Å²) in [5.74, 6) is 0.420. The van der Waals surface area contributed by atoms with Gasteiger partial charge in [-0.15, -0.1) is 6.58 Å². The van der Waals surface area contributed by atoms with Crippen LogP contribution in [-0.2, 0) is 5.41 Å². The SMILES string of the molecule is C=CC/C(O)=C(/C)C(C)(C)c1ccccc1.[I-].[I][Sm][I]. The molecule has 0 bridgehead atoms. The maximum absolute atomic E-state index is 9.92. The summed E-state index contributed by atoms with van der Waals surface area (Å²) in [6.45, 7) is 9.87. The first-order chi connectivity index (χ1) is 8.91. The topological polar surface area (TPSA) is 20.2 Å². The van der Waals surface area contributed by atoms with E-state index < -0.39 is 0 Å². The van der Waals surface area contributed by atoms with Gasteiger partial charge < -0.3 is 29.1 Å². The van der Waals surface area contributed by atoms with Crippen molar-refractivity contribution in [3.63, 3.8) is 0 Å². The van der Waals surface area contributed by atoms with E-state index in [-0.39, 0.29) is 54.8 Å². The van der Waals surface area contributed by atoms with E-state index in [0.717, 1.165) is 5.57 Å². The first-order valence-electron chi connectivity index (χ1n) is 5.86. The van der Waals surface area contributed by atoms with Gasteiger partial charge in [0.25, 0.3) is 0 Å². The molecule has 1 aromatic rings. The molecule has 0 aromatic heterocycles. The third-order valence-corrected chi connectivity index (χ3v) is 3.20. The zero-order valence-corrected chi connectivity index (χ0v) is 21.0. The quantitative estimate of drug-likeness (QED) is 0.286. The molecule has 0 fully saturated rings. The van der Waals surface area contributed by atoms with Crippen LogP contribution in [0, 0.1) is 25.5 Å². The Bertz CT molecular complexity index is 416. The summed E-state index contributed by atoms with van der Waals surface area (Å²) >= 11 is 5.07. The van der Waals surface area contributed by atoms with Gasteiger partial charge in [0, 0.05) is 11.8 Å². The molecule has 0 atom stereocenters. The van der Waals surface area contributed by atoms with E-state index in [9.17, 15) is 5.11 Å². The number of halogens is 3. The molecule has 0 saturated carbocycles. The van der Waals surface area contributed by atoms with Crippen LogP contribution in [0.4, 0.5) is 0 Å². The van der Waals surface area contributed by atoms with Gasteiger partial charge in [0.1, 0.15) is 0 Å². The number of aliphatic hydroxyl groups is 1. The van der Waals surface area contributed by atoms with Gasteiger partial charge in [-0.25, -0.2) is 0 Å². The molecule has 0 radical (unpaired) electrons. The Labute approximate surface area is 172 Å². The summed E-state index contributed by atoms with van der Waals surface area (Å²) < 4.78 is 0. The van der Waals surface area contributed by atoms with E-state index >= 15 is 0 Å². The van der Waals surface area contributed by atoms with Crippen molar-refractivity contribution in [2.45, 2.75) is 32.6 Å². The Morgan fingerprint density at radius 2 is 1.75 bits per heavy atom. The molecule has 0 heterocycles. The minimum absolute atomic E-state index is 0. The van der Waals surface area contributed by atoms with Crippen molar-refractivity contribution in [3.05, 3.63) is 59.9 Å². The van der Waals surface area contributed by atoms with Crippen LogP contribution < -0.4 is 24.0 Å². The van der Waals surface area contributed by atoms with Crippen LogP contribution in [0.1, 0.15) is 32.8 Å². The molecule has 1 rings (SSSR count). The van der Waals surface area contributed by atoms with Crippen LogP contribution in [-0.4, -0.2) is 5.11 Å². The summed E-state index contributed by atoms with van der Waals surface area (Å²) in [6.07, 6.45) is 2.25. The van der Waals surface area contributed by atoms with Gasteiger partial charge in [-0.05, 0) is 18.1 Å². The fraction of sp³-hybridized carbons (Fsp3) is 0.333. The van der Waals surface area contributed by atoms with Crippen molar-refractivity contribution in [2.75, 3.05) is 0 Å². The molecule has 1 nitrogen and oxygen atoms in total. The summed E-state index contributed by atoms with van der Waals surface area (Å²) in [5, 5.41) is 9.92. The molecule has 114 valence electrons. The van der Waals surface area contributed by atoms with Crippen LogP contribution in [0.15, 0.2) is 54.3 Å². The standard InChI is InChI=1S/C15H20O.3HI.Sm/c1-5-9-14(16)12(2)15(3,4)13-10-7-6-8-11-13;;;;/h5-8,10-11,16H,1,9H2,2-4H3;3*1H;/q;;;;+2/p-3/b14-12+;;;;. The van der Waals surface area contributed by atoms with Crippen molar-refractivity contribution in [3.8, 4) is 0 Å². The first kappa shape index (κ1) is 24.3. The summed E-state index contributed by atoms with van der Waals surface area (Å²) in [6, 6.07) is 10.2. The average Bonchev–Trinajstić information content (AvgIpc) is 2.40. The van der Waals surface area contributed by atoms with E-state index in [1.807, 2.05) is 25.1 Å². The van der Waals surface area contributed by atoms with Gasteiger partial charge in [0.2, 0.25) is 0 Å². The van der Waals surface area contributed by atoms with E-state index in [2.05, 4.69) is 61.1 Å². The van der Waals surface area contributed by atoms with E-state index in [0.29, 0.717) is 12.2 Å². The fourth-order valence-electron chi connectivity index (χ4n) is 1.72. The molecule has 0 unspecified atom stereocenters. The fourth-order valence-corrected chi connectivity index (χ4v) is 1.72. The second-order valence-corrected chi connectivity index (χ2v) is 24.0. The molecular formula is C15H20I3OSm-. The third-order valence-electron chi connectivity index (χ3n) is 3.20. The molecule has 20 heavy (non-hydrogen) atoms. The van der Waals surface area contributed by atoms with Gasteiger partial charge >= 0.3 is 54.0 Å². The number of aliphatic hydroxyl groups excluding tert-OH is 1. The molecule has 0 aliphatic carbocycles. The molecule has 5 heteroatoms. The number of rotatable bonds is 4. The zero-order valence-electron chi connectivity index (χ0n) is 11.9. The zero-order chi connectivity index (χ0) is 14.9. The Balaban J connectivity index is 0. The Morgan fingerprint density at radius 1 is 1.30 bits per heavy atom. The molecular weight excluding hydrogens is 727 g/mol. The summed E-state index contributed by atoms with van der Waals surface area (Å²) in [5.41, 5.74) is 2.07. The van der Waals surface area contributed by atoms with E-state index in [4.69, 9.17) is 0 Å². The van der Waals surface area contributed by atoms with E-state index in [1.54, 1.807) is 6.08 Å². The second kappa shape index (κ2) is 13.5. The minimum atomic E-state index is -0.144. The van der Waals surface area contributed by atoms with E-state index in [1.165, 1.54) is 5.56 Å². The molecule has 0 amide bonds. The van der Waals surface area contributed by atoms with Gasteiger partial charge in [0.05, 0.1) is 5.76 Å². The van der Waals surface area contributed by atoms with Crippen molar-refractivity contribution in [2.24, 2.45) is 0 Å². The number of hydrogen-bond donors (Lipinski definition) is 1. The monoisotopic (exact) mass is 749 g/mol. The molecule has 0 aliphatic heterocycles. The van der Waals surface area contributed by atoms with Crippen molar-refractivity contribution in [1.29, 1.82) is 0 Å². The molecule has 1 N–H and O–H groups in total. The average molecular weight is 747 g/mol. The predicted octanol–water partition coefficient (Wildman–Crippen LogP) is 3.15. The van der Waals surface area contributed by atoms with Gasteiger partial charge in [-0.2, -0.15) is 0 Å². The van der Waals surface area contributed by atoms with Crippen molar-refractivity contribution < 1.29 is 54.5 Å². The van der Waals surface area contributed by atoms with Gasteiger partial charge in [-0.3, -0.25) is 0 Å². The van der Waals surface area contributed by atoms with Crippen molar-refractivity contribution >= 4 is 28.6 Å². The number of benzene rings is 1.